The van der Waals surface area contributed by atoms with Gasteiger partial charge >= 0.3 is 0 Å². The van der Waals surface area contributed by atoms with Crippen molar-refractivity contribution >= 4 is 18.3 Å². The molecule has 1 aromatic carbocycles. The largest absolute Gasteiger partial charge is 0.497 e. The molecule has 0 aromatic heterocycles. The van der Waals surface area contributed by atoms with Gasteiger partial charge in [-0.15, -0.1) is 12.4 Å². The number of ether oxygens (including phenoxy) is 2. The molecule has 0 fully saturated rings. The molecule has 1 rings (SSSR count). The van der Waals surface area contributed by atoms with E-state index in [-0.39, 0.29) is 24.2 Å². The van der Waals surface area contributed by atoms with Crippen LogP contribution in [-0.2, 0) is 11.2 Å². The molecule has 1 unspecified atom stereocenters. The Morgan fingerprint density at radius 2 is 2.00 bits per heavy atom. The molecule has 0 bridgehead atoms. The monoisotopic (exact) mass is 316 g/mol. The minimum atomic E-state index is -0.0350. The van der Waals surface area contributed by atoms with Gasteiger partial charge in [-0.05, 0) is 37.2 Å². The quantitative estimate of drug-likeness (QED) is 0.765. The minimum Gasteiger partial charge on any atom is -0.497 e. The van der Waals surface area contributed by atoms with Crippen LogP contribution in [-0.4, -0.2) is 40.3 Å². The molecular formula is C15H25ClN2O3. The first-order chi connectivity index (χ1) is 9.62. The Balaban J connectivity index is 0.00000400. The summed E-state index contributed by atoms with van der Waals surface area (Å²) in [7, 11) is 5.11. The first kappa shape index (κ1) is 19.5. The van der Waals surface area contributed by atoms with Crippen molar-refractivity contribution in [2.24, 2.45) is 5.92 Å². The number of hydrogen-bond acceptors (Lipinski definition) is 4. The third-order valence-corrected chi connectivity index (χ3v) is 3.14. The lowest BCUT2D eigenvalue weighted by Crippen LogP contribution is -2.35. The maximum atomic E-state index is 11.8. The molecule has 0 aliphatic rings. The van der Waals surface area contributed by atoms with Gasteiger partial charge < -0.3 is 20.1 Å². The van der Waals surface area contributed by atoms with Gasteiger partial charge in [0.1, 0.15) is 11.5 Å². The average Bonchev–Trinajstić information content (AvgIpc) is 2.47. The topological polar surface area (TPSA) is 59.6 Å². The fourth-order valence-electron chi connectivity index (χ4n) is 1.97. The first-order valence-electron chi connectivity index (χ1n) is 6.75. The van der Waals surface area contributed by atoms with E-state index in [2.05, 4.69) is 10.6 Å². The van der Waals surface area contributed by atoms with Crippen molar-refractivity contribution in [3.8, 4) is 11.5 Å². The molecular weight excluding hydrogens is 292 g/mol. The third kappa shape index (κ3) is 6.23. The van der Waals surface area contributed by atoms with Gasteiger partial charge in [0.2, 0.25) is 5.91 Å². The van der Waals surface area contributed by atoms with E-state index >= 15 is 0 Å². The molecule has 0 heterocycles. The van der Waals surface area contributed by atoms with Gasteiger partial charge in [0.05, 0.1) is 14.2 Å². The Bertz CT molecular complexity index is 441. The van der Waals surface area contributed by atoms with Crippen LogP contribution in [0.25, 0.3) is 0 Å². The van der Waals surface area contributed by atoms with Gasteiger partial charge in [0, 0.05) is 19.0 Å². The summed E-state index contributed by atoms with van der Waals surface area (Å²) in [5.74, 6) is 1.62. The van der Waals surface area contributed by atoms with Crippen LogP contribution in [0.15, 0.2) is 18.2 Å². The molecule has 0 aliphatic carbocycles. The Morgan fingerprint density at radius 3 is 2.57 bits per heavy atom. The molecule has 0 saturated carbocycles. The zero-order chi connectivity index (χ0) is 15.0. The maximum Gasteiger partial charge on any atom is 0.224 e. The van der Waals surface area contributed by atoms with Crippen molar-refractivity contribution in [1.29, 1.82) is 0 Å². The number of nitrogens with one attached hydrogen (secondary N) is 2. The lowest BCUT2D eigenvalue weighted by atomic mass is 10.1. The molecule has 1 atom stereocenters. The number of methoxy groups -OCH3 is 2. The third-order valence-electron chi connectivity index (χ3n) is 3.14. The van der Waals surface area contributed by atoms with E-state index in [1.165, 1.54) is 0 Å². The van der Waals surface area contributed by atoms with Gasteiger partial charge in [0.15, 0.2) is 0 Å². The lowest BCUT2D eigenvalue weighted by Gasteiger charge is -2.13. The highest BCUT2D eigenvalue weighted by atomic mass is 35.5. The number of halogens is 1. The Kier molecular flexibility index (Phi) is 9.58. The molecule has 0 aliphatic heterocycles. The lowest BCUT2D eigenvalue weighted by molar-refractivity contribution is -0.124. The molecule has 0 radical (unpaired) electrons. The number of carbonyl (C=O) groups is 1. The van der Waals surface area contributed by atoms with Crippen molar-refractivity contribution in [3.63, 3.8) is 0 Å². The number of hydrogen-bond donors (Lipinski definition) is 2. The second-order valence-corrected chi connectivity index (χ2v) is 4.68. The zero-order valence-corrected chi connectivity index (χ0v) is 13.9. The van der Waals surface area contributed by atoms with Crippen LogP contribution >= 0.6 is 12.4 Å². The summed E-state index contributed by atoms with van der Waals surface area (Å²) in [6.45, 7) is 3.16. The predicted molar refractivity (Wildman–Crippen MR) is 86.6 cm³/mol. The SMILES string of the molecule is CNCC(C)C(=O)NCCc1cc(OC)ccc1OC.Cl. The van der Waals surface area contributed by atoms with E-state index in [1.54, 1.807) is 14.2 Å². The highest BCUT2D eigenvalue weighted by molar-refractivity contribution is 5.85. The Hall–Kier alpha value is -1.46. The van der Waals surface area contributed by atoms with Gasteiger partial charge in [-0.3, -0.25) is 4.79 Å². The van der Waals surface area contributed by atoms with Crippen LogP contribution in [0.3, 0.4) is 0 Å². The predicted octanol–water partition coefficient (Wildman–Crippen LogP) is 1.64. The second kappa shape index (κ2) is 10.3. The fourth-order valence-corrected chi connectivity index (χ4v) is 1.97. The van der Waals surface area contributed by atoms with E-state index in [1.807, 2.05) is 32.2 Å². The summed E-state index contributed by atoms with van der Waals surface area (Å²) in [5.41, 5.74) is 1.02. The van der Waals surface area contributed by atoms with Crippen LogP contribution in [0.2, 0.25) is 0 Å². The normalized spacial score (nSPS) is 11.2. The van der Waals surface area contributed by atoms with Gasteiger partial charge in [-0.1, -0.05) is 6.92 Å². The minimum absolute atomic E-state index is 0. The summed E-state index contributed by atoms with van der Waals surface area (Å²) in [5, 5.41) is 5.92. The van der Waals surface area contributed by atoms with E-state index < -0.39 is 0 Å². The van der Waals surface area contributed by atoms with Gasteiger partial charge in [0.25, 0.3) is 0 Å². The van der Waals surface area contributed by atoms with Crippen LogP contribution in [0.4, 0.5) is 0 Å². The number of rotatable bonds is 8. The van der Waals surface area contributed by atoms with Gasteiger partial charge in [-0.25, -0.2) is 0 Å². The Labute approximate surface area is 132 Å². The molecule has 120 valence electrons. The van der Waals surface area contributed by atoms with Crippen LogP contribution in [0.5, 0.6) is 11.5 Å². The molecule has 1 aromatic rings. The van der Waals surface area contributed by atoms with E-state index in [0.29, 0.717) is 19.5 Å². The molecule has 1 amide bonds. The first-order valence-corrected chi connectivity index (χ1v) is 6.75. The van der Waals surface area contributed by atoms with Crippen LogP contribution in [0.1, 0.15) is 12.5 Å². The summed E-state index contributed by atoms with van der Waals surface area (Å²) < 4.78 is 10.5. The zero-order valence-electron chi connectivity index (χ0n) is 13.1. The fraction of sp³-hybridized carbons (Fsp3) is 0.533. The number of carbonyl (C=O) groups excluding carboxylic acids is 1. The average molecular weight is 317 g/mol. The molecule has 21 heavy (non-hydrogen) atoms. The highest BCUT2D eigenvalue weighted by Gasteiger charge is 2.11. The summed E-state index contributed by atoms with van der Waals surface area (Å²) in [4.78, 5) is 11.8. The summed E-state index contributed by atoms with van der Waals surface area (Å²) in [6, 6.07) is 5.66. The van der Waals surface area contributed by atoms with E-state index in [9.17, 15) is 4.79 Å². The maximum absolute atomic E-state index is 11.8. The van der Waals surface area contributed by atoms with Crippen molar-refractivity contribution in [1.82, 2.24) is 10.6 Å². The number of benzene rings is 1. The molecule has 0 spiro atoms. The summed E-state index contributed by atoms with van der Waals surface area (Å²) in [6.07, 6.45) is 0.707. The smallest absolute Gasteiger partial charge is 0.224 e. The molecule has 5 nitrogen and oxygen atoms in total. The molecule has 0 saturated heterocycles. The van der Waals surface area contributed by atoms with Crippen molar-refractivity contribution in [2.45, 2.75) is 13.3 Å². The van der Waals surface area contributed by atoms with E-state index in [0.717, 1.165) is 17.1 Å². The van der Waals surface area contributed by atoms with Crippen LogP contribution < -0.4 is 20.1 Å². The standard InChI is InChI=1S/C15H24N2O3.ClH/c1-11(10-16-2)15(18)17-8-7-12-9-13(19-3)5-6-14(12)20-4;/h5-6,9,11,16H,7-8,10H2,1-4H3,(H,17,18);1H. The molecule has 2 N–H and O–H groups in total. The van der Waals surface area contributed by atoms with Gasteiger partial charge in [-0.2, -0.15) is 0 Å². The summed E-state index contributed by atoms with van der Waals surface area (Å²) >= 11 is 0. The number of amides is 1. The van der Waals surface area contributed by atoms with Crippen molar-refractivity contribution < 1.29 is 14.3 Å². The van der Waals surface area contributed by atoms with E-state index in [4.69, 9.17) is 9.47 Å². The highest BCUT2D eigenvalue weighted by Crippen LogP contribution is 2.24. The Morgan fingerprint density at radius 1 is 1.29 bits per heavy atom. The molecule has 6 heteroatoms. The van der Waals surface area contributed by atoms with Crippen molar-refractivity contribution in [2.75, 3.05) is 34.4 Å². The van der Waals surface area contributed by atoms with Crippen molar-refractivity contribution in [3.05, 3.63) is 23.8 Å². The second-order valence-electron chi connectivity index (χ2n) is 4.68. The van der Waals surface area contributed by atoms with Crippen LogP contribution in [0, 0.1) is 5.92 Å².